The van der Waals surface area contributed by atoms with Gasteiger partial charge in [-0.3, -0.25) is 8.81 Å². The zero-order chi connectivity index (χ0) is 16.6. The molecule has 0 bridgehead atoms. The van der Waals surface area contributed by atoms with Gasteiger partial charge in [0.2, 0.25) is 5.82 Å². The van der Waals surface area contributed by atoms with Crippen LogP contribution >= 0.6 is 11.6 Å². The topological polar surface area (TPSA) is 100 Å². The van der Waals surface area contributed by atoms with E-state index >= 15 is 0 Å². The van der Waals surface area contributed by atoms with Crippen LogP contribution in [0.1, 0.15) is 11.5 Å². The first-order valence-electron chi connectivity index (χ1n) is 6.35. The van der Waals surface area contributed by atoms with E-state index in [4.69, 9.17) is 20.4 Å². The first-order valence-corrected chi connectivity index (χ1v) is 7.81. The van der Waals surface area contributed by atoms with Crippen LogP contribution in [0.3, 0.4) is 0 Å². The van der Waals surface area contributed by atoms with E-state index in [1.165, 1.54) is 0 Å². The van der Waals surface area contributed by atoms with Gasteiger partial charge < -0.3 is 4.52 Å². The van der Waals surface area contributed by atoms with Crippen molar-refractivity contribution in [1.82, 2.24) is 15.0 Å². The summed E-state index contributed by atoms with van der Waals surface area (Å²) in [5, 5.41) is 7.84. The number of nitrogens with zero attached hydrogens (tertiary/aromatic N) is 3. The Labute approximate surface area is 137 Å². The van der Waals surface area contributed by atoms with E-state index in [-0.39, 0.29) is 10.7 Å². The molecule has 1 atom stereocenters. The number of hydrogen-bond acceptors (Lipinski definition) is 7. The van der Waals surface area contributed by atoms with Crippen molar-refractivity contribution >= 4 is 22.7 Å². The van der Waals surface area contributed by atoms with Gasteiger partial charge in [0, 0.05) is 10.6 Å². The van der Waals surface area contributed by atoms with Gasteiger partial charge in [0.05, 0.1) is 0 Å². The Bertz CT molecular complexity index is 908. The molecule has 0 aliphatic rings. The van der Waals surface area contributed by atoms with E-state index in [1.54, 1.807) is 38.1 Å². The van der Waals surface area contributed by atoms with Crippen LogP contribution in [-0.4, -0.2) is 19.3 Å². The molecular formula is C13H10ClN3O5S. The average molecular weight is 356 g/mol. The van der Waals surface area contributed by atoms with Crippen LogP contribution in [-0.2, 0) is 11.1 Å². The lowest BCUT2D eigenvalue weighted by molar-refractivity contribution is 0.261. The van der Waals surface area contributed by atoms with Crippen LogP contribution in [0.2, 0.25) is 5.02 Å². The van der Waals surface area contributed by atoms with Crippen LogP contribution in [0.15, 0.2) is 43.0 Å². The van der Waals surface area contributed by atoms with Crippen molar-refractivity contribution in [1.29, 1.82) is 0 Å². The SMILES string of the molecule is Cc1noc(C)c1S(=O)On1c(-c2ccc(Cl)cc2)noc1=O. The number of benzene rings is 1. The molecule has 0 fully saturated rings. The van der Waals surface area contributed by atoms with Crippen molar-refractivity contribution in [2.75, 3.05) is 0 Å². The van der Waals surface area contributed by atoms with Crippen LogP contribution in [0.5, 0.6) is 0 Å². The minimum absolute atomic E-state index is 0.0618. The normalized spacial score (nSPS) is 12.3. The molecule has 0 N–H and O–H groups in total. The summed E-state index contributed by atoms with van der Waals surface area (Å²) in [4.78, 5) is 12.0. The molecule has 0 aliphatic heterocycles. The van der Waals surface area contributed by atoms with E-state index < -0.39 is 16.8 Å². The highest BCUT2D eigenvalue weighted by Gasteiger charge is 2.22. The van der Waals surface area contributed by atoms with Crippen LogP contribution < -0.4 is 10.0 Å². The molecule has 23 heavy (non-hydrogen) atoms. The number of halogens is 1. The Morgan fingerprint density at radius 3 is 2.48 bits per heavy atom. The largest absolute Gasteiger partial charge is 0.476 e. The predicted octanol–water partition coefficient (Wildman–Crippen LogP) is 1.91. The molecule has 8 nitrogen and oxygen atoms in total. The second-order valence-electron chi connectivity index (χ2n) is 4.54. The third-order valence-electron chi connectivity index (χ3n) is 2.95. The second-order valence-corrected chi connectivity index (χ2v) is 6.00. The maximum atomic E-state index is 12.3. The second kappa shape index (κ2) is 6.01. The van der Waals surface area contributed by atoms with Crippen molar-refractivity contribution < 1.29 is 17.5 Å². The number of aryl methyl sites for hydroxylation is 2. The highest BCUT2D eigenvalue weighted by atomic mass is 35.5. The fraction of sp³-hybridized carbons (Fsp3) is 0.154. The van der Waals surface area contributed by atoms with Gasteiger partial charge >= 0.3 is 5.76 Å². The molecule has 0 aliphatic carbocycles. The summed E-state index contributed by atoms with van der Waals surface area (Å²) < 4.78 is 27.8. The third kappa shape index (κ3) is 2.92. The molecule has 2 heterocycles. The van der Waals surface area contributed by atoms with Gasteiger partial charge in [-0.2, -0.15) is 0 Å². The first kappa shape index (κ1) is 15.5. The van der Waals surface area contributed by atoms with Crippen molar-refractivity contribution in [2.45, 2.75) is 18.7 Å². The molecule has 1 aromatic carbocycles. The minimum Gasteiger partial charge on any atom is -0.360 e. The predicted molar refractivity (Wildman–Crippen MR) is 80.2 cm³/mol. The molecule has 3 rings (SSSR count). The standard InChI is InChI=1S/C13H10ClN3O5S/c1-7-11(8(2)20-15-7)23(19)22-17-12(16-21-13(17)18)9-3-5-10(14)6-4-9/h3-6H,1-2H3. The fourth-order valence-corrected chi connectivity index (χ4v) is 2.91. The van der Waals surface area contributed by atoms with E-state index in [2.05, 4.69) is 14.8 Å². The van der Waals surface area contributed by atoms with Gasteiger partial charge in [-0.25, -0.2) is 9.00 Å². The van der Waals surface area contributed by atoms with Gasteiger partial charge in [-0.15, -0.1) is 0 Å². The van der Waals surface area contributed by atoms with Gasteiger partial charge in [-0.05, 0) is 38.1 Å². The number of hydrogen-bond donors (Lipinski definition) is 0. The fourth-order valence-electron chi connectivity index (χ4n) is 1.90. The van der Waals surface area contributed by atoms with Crippen LogP contribution in [0, 0.1) is 13.8 Å². The van der Waals surface area contributed by atoms with Gasteiger partial charge in [-0.1, -0.05) is 26.6 Å². The molecule has 0 spiro atoms. The Balaban J connectivity index is 1.98. The Kier molecular flexibility index (Phi) is 4.05. The molecule has 0 radical (unpaired) electrons. The summed E-state index contributed by atoms with van der Waals surface area (Å²) in [7, 11) is 0. The monoisotopic (exact) mass is 355 g/mol. The summed E-state index contributed by atoms with van der Waals surface area (Å²) in [6.45, 7) is 3.21. The van der Waals surface area contributed by atoms with Gasteiger partial charge in [0.15, 0.2) is 5.76 Å². The van der Waals surface area contributed by atoms with E-state index in [9.17, 15) is 9.00 Å². The Morgan fingerprint density at radius 1 is 1.17 bits per heavy atom. The molecule has 3 aromatic rings. The molecule has 2 aromatic heterocycles. The summed E-state index contributed by atoms with van der Waals surface area (Å²) in [6, 6.07) is 6.48. The molecule has 120 valence electrons. The molecular weight excluding hydrogens is 346 g/mol. The van der Waals surface area contributed by atoms with Crippen LogP contribution in [0.25, 0.3) is 11.4 Å². The molecule has 0 amide bonds. The van der Waals surface area contributed by atoms with E-state index in [1.807, 2.05) is 0 Å². The highest BCUT2D eigenvalue weighted by molar-refractivity contribution is 7.80. The zero-order valence-corrected chi connectivity index (χ0v) is 13.6. The van der Waals surface area contributed by atoms with E-state index in [0.717, 1.165) is 0 Å². The van der Waals surface area contributed by atoms with Crippen molar-refractivity contribution in [3.63, 3.8) is 0 Å². The van der Waals surface area contributed by atoms with Crippen molar-refractivity contribution in [3.05, 3.63) is 51.3 Å². The highest BCUT2D eigenvalue weighted by Crippen LogP contribution is 2.20. The molecule has 0 saturated carbocycles. The molecule has 10 heteroatoms. The lowest BCUT2D eigenvalue weighted by Gasteiger charge is -2.05. The van der Waals surface area contributed by atoms with Crippen LogP contribution in [0.4, 0.5) is 0 Å². The number of rotatable bonds is 4. The zero-order valence-electron chi connectivity index (χ0n) is 12.0. The Morgan fingerprint density at radius 2 is 1.87 bits per heavy atom. The smallest absolute Gasteiger partial charge is 0.360 e. The maximum absolute atomic E-state index is 12.3. The van der Waals surface area contributed by atoms with E-state index in [0.29, 0.717) is 26.8 Å². The lowest BCUT2D eigenvalue weighted by atomic mass is 10.2. The number of aromatic nitrogens is 3. The summed E-state index contributed by atoms with van der Waals surface area (Å²) >= 11 is 3.80. The van der Waals surface area contributed by atoms with Crippen molar-refractivity contribution in [3.8, 4) is 11.4 Å². The van der Waals surface area contributed by atoms with Gasteiger partial charge in [0.25, 0.3) is 11.1 Å². The third-order valence-corrected chi connectivity index (χ3v) is 4.40. The maximum Gasteiger partial charge on any atom is 0.476 e. The summed E-state index contributed by atoms with van der Waals surface area (Å²) in [5.41, 5.74) is 0.911. The van der Waals surface area contributed by atoms with Gasteiger partial charge in [0.1, 0.15) is 10.6 Å². The molecule has 0 saturated heterocycles. The lowest BCUT2D eigenvalue weighted by Crippen LogP contribution is -2.25. The average Bonchev–Trinajstić information content (AvgIpc) is 3.04. The minimum atomic E-state index is -2.02. The first-order chi connectivity index (χ1) is 11.0. The Hall–Kier alpha value is -2.39. The quantitative estimate of drug-likeness (QED) is 0.704. The molecule has 1 unspecified atom stereocenters. The summed E-state index contributed by atoms with van der Waals surface area (Å²) in [6.07, 6.45) is 0. The summed E-state index contributed by atoms with van der Waals surface area (Å²) in [5.74, 6) is -0.514. The van der Waals surface area contributed by atoms with Crippen molar-refractivity contribution in [2.24, 2.45) is 0 Å².